The predicted molar refractivity (Wildman–Crippen MR) is 63.1 cm³/mol. The van der Waals surface area contributed by atoms with Crippen LogP contribution in [0.4, 0.5) is 5.82 Å². The van der Waals surface area contributed by atoms with Crippen molar-refractivity contribution in [2.45, 2.75) is 13.8 Å². The molecule has 0 fully saturated rings. The molecule has 0 atom stereocenters. The topological polar surface area (TPSA) is 55.6 Å². The van der Waals surface area contributed by atoms with Crippen LogP contribution in [0, 0.1) is 6.92 Å². The lowest BCUT2D eigenvalue weighted by atomic mass is 10.5. The van der Waals surface area contributed by atoms with Gasteiger partial charge in [0.15, 0.2) is 5.82 Å². The van der Waals surface area contributed by atoms with Gasteiger partial charge in [0, 0.05) is 6.54 Å². The second kappa shape index (κ2) is 4.49. The van der Waals surface area contributed by atoms with Gasteiger partial charge in [-0.3, -0.25) is 4.98 Å². The Hall–Kier alpha value is -1.62. The van der Waals surface area contributed by atoms with E-state index in [2.05, 4.69) is 20.4 Å². The van der Waals surface area contributed by atoms with Gasteiger partial charge in [0.2, 0.25) is 0 Å². The molecule has 0 aliphatic heterocycles. The third-order valence-corrected chi connectivity index (χ3v) is 2.42. The fourth-order valence-electron chi connectivity index (χ4n) is 1.29. The first-order chi connectivity index (χ1) is 7.70. The highest BCUT2D eigenvalue weighted by Gasteiger charge is 2.05. The predicted octanol–water partition coefficient (Wildman–Crippen LogP) is 2.06. The summed E-state index contributed by atoms with van der Waals surface area (Å²) in [5.41, 5.74) is 0.775. The Labute approximate surface area is 98.5 Å². The molecule has 0 unspecified atom stereocenters. The Morgan fingerprint density at radius 2 is 2.25 bits per heavy atom. The first-order valence-corrected chi connectivity index (χ1v) is 5.36. The monoisotopic (exact) mass is 237 g/mol. The molecule has 16 heavy (non-hydrogen) atoms. The summed E-state index contributed by atoms with van der Waals surface area (Å²) < 4.78 is 1.62. The van der Waals surface area contributed by atoms with E-state index in [1.807, 2.05) is 13.8 Å². The van der Waals surface area contributed by atoms with Crippen LogP contribution >= 0.6 is 11.6 Å². The van der Waals surface area contributed by atoms with Gasteiger partial charge in [-0.05, 0) is 13.8 Å². The molecule has 0 amide bonds. The lowest BCUT2D eigenvalue weighted by Crippen LogP contribution is -2.04. The van der Waals surface area contributed by atoms with Crippen molar-refractivity contribution in [2.24, 2.45) is 0 Å². The first-order valence-electron chi connectivity index (χ1n) is 4.98. The van der Waals surface area contributed by atoms with E-state index in [4.69, 9.17) is 11.6 Å². The number of hydrogen-bond acceptors (Lipinski definition) is 4. The number of anilines is 1. The van der Waals surface area contributed by atoms with Crippen molar-refractivity contribution in [3.05, 3.63) is 29.3 Å². The summed E-state index contributed by atoms with van der Waals surface area (Å²) in [5, 5.41) is 7.95. The number of halogens is 1. The second-order valence-corrected chi connectivity index (χ2v) is 3.71. The van der Waals surface area contributed by atoms with Crippen LogP contribution in [0.1, 0.15) is 12.6 Å². The molecule has 0 saturated carbocycles. The van der Waals surface area contributed by atoms with E-state index in [1.165, 1.54) is 0 Å². The van der Waals surface area contributed by atoms with Crippen molar-refractivity contribution >= 4 is 17.4 Å². The van der Waals surface area contributed by atoms with Gasteiger partial charge in [0.1, 0.15) is 5.82 Å². The quantitative estimate of drug-likeness (QED) is 0.888. The van der Waals surface area contributed by atoms with E-state index in [0.717, 1.165) is 18.1 Å². The zero-order valence-electron chi connectivity index (χ0n) is 9.11. The molecule has 2 rings (SSSR count). The molecule has 1 N–H and O–H groups in total. The molecule has 0 spiro atoms. The molecule has 2 aromatic heterocycles. The highest BCUT2D eigenvalue weighted by Crippen LogP contribution is 2.15. The highest BCUT2D eigenvalue weighted by molar-refractivity contribution is 6.31. The molecule has 2 heterocycles. The summed E-state index contributed by atoms with van der Waals surface area (Å²) in [7, 11) is 0. The van der Waals surface area contributed by atoms with Gasteiger partial charge in [-0.25, -0.2) is 9.67 Å². The van der Waals surface area contributed by atoms with Gasteiger partial charge in [-0.1, -0.05) is 11.6 Å². The maximum Gasteiger partial charge on any atom is 0.174 e. The molecule has 6 heteroatoms. The average Bonchev–Trinajstić information content (AvgIpc) is 2.60. The smallest absolute Gasteiger partial charge is 0.174 e. The number of nitrogens with zero attached hydrogens (tertiary/aromatic N) is 4. The minimum Gasteiger partial charge on any atom is -0.369 e. The normalized spacial score (nSPS) is 10.4. The number of aromatic nitrogens is 4. The molecule has 0 radical (unpaired) electrons. The van der Waals surface area contributed by atoms with E-state index in [9.17, 15) is 0 Å². The Balaban J connectivity index is 2.36. The molecule has 0 aromatic carbocycles. The minimum atomic E-state index is 0.621. The van der Waals surface area contributed by atoms with Crippen LogP contribution in [0.3, 0.4) is 0 Å². The Bertz CT molecular complexity index is 474. The maximum atomic E-state index is 5.93. The van der Waals surface area contributed by atoms with Gasteiger partial charge >= 0.3 is 0 Å². The lowest BCUT2D eigenvalue weighted by Gasteiger charge is -2.04. The Morgan fingerprint density at radius 3 is 2.88 bits per heavy atom. The Kier molecular flexibility index (Phi) is 3.05. The van der Waals surface area contributed by atoms with Crippen molar-refractivity contribution < 1.29 is 0 Å². The van der Waals surface area contributed by atoms with E-state index >= 15 is 0 Å². The fourth-order valence-corrected chi connectivity index (χ4v) is 1.42. The van der Waals surface area contributed by atoms with E-state index in [-0.39, 0.29) is 0 Å². The van der Waals surface area contributed by atoms with Crippen LogP contribution in [-0.4, -0.2) is 26.3 Å². The van der Waals surface area contributed by atoms with Crippen molar-refractivity contribution in [3.63, 3.8) is 0 Å². The SMILES string of the molecule is CCNc1cncc(-n2cc(Cl)c(C)n2)n1. The molecule has 2 aromatic rings. The van der Waals surface area contributed by atoms with Crippen LogP contribution < -0.4 is 5.32 Å². The molecule has 0 aliphatic carbocycles. The summed E-state index contributed by atoms with van der Waals surface area (Å²) in [6.07, 6.45) is 5.03. The molecular formula is C10H12ClN5. The number of hydrogen-bond donors (Lipinski definition) is 1. The first kappa shape index (κ1) is 10.9. The van der Waals surface area contributed by atoms with Crippen molar-refractivity contribution in [2.75, 3.05) is 11.9 Å². The van der Waals surface area contributed by atoms with Crippen molar-refractivity contribution in [3.8, 4) is 5.82 Å². The van der Waals surface area contributed by atoms with E-state index in [0.29, 0.717) is 10.8 Å². The van der Waals surface area contributed by atoms with E-state index < -0.39 is 0 Å². The van der Waals surface area contributed by atoms with Gasteiger partial charge in [-0.15, -0.1) is 0 Å². The van der Waals surface area contributed by atoms with Crippen LogP contribution in [0.5, 0.6) is 0 Å². The highest BCUT2D eigenvalue weighted by atomic mass is 35.5. The van der Waals surface area contributed by atoms with Crippen molar-refractivity contribution in [1.82, 2.24) is 19.7 Å². The van der Waals surface area contributed by atoms with Crippen molar-refractivity contribution in [1.29, 1.82) is 0 Å². The van der Waals surface area contributed by atoms with Crippen LogP contribution in [-0.2, 0) is 0 Å². The molecular weight excluding hydrogens is 226 g/mol. The van der Waals surface area contributed by atoms with Gasteiger partial charge in [0.05, 0.1) is 29.3 Å². The Morgan fingerprint density at radius 1 is 1.44 bits per heavy atom. The molecule has 0 bridgehead atoms. The third kappa shape index (κ3) is 2.14. The standard InChI is InChI=1S/C10H12ClN5/c1-3-13-9-4-12-5-10(14-9)16-6-8(11)7(2)15-16/h4-6H,3H2,1-2H3,(H,13,14). The van der Waals surface area contributed by atoms with E-state index in [1.54, 1.807) is 23.3 Å². The third-order valence-electron chi connectivity index (χ3n) is 2.05. The van der Waals surface area contributed by atoms with Gasteiger partial charge in [0.25, 0.3) is 0 Å². The summed E-state index contributed by atoms with van der Waals surface area (Å²) in [4.78, 5) is 8.45. The van der Waals surface area contributed by atoms with Crippen LogP contribution in [0.2, 0.25) is 5.02 Å². The average molecular weight is 238 g/mol. The second-order valence-electron chi connectivity index (χ2n) is 3.30. The van der Waals surface area contributed by atoms with Crippen LogP contribution in [0.15, 0.2) is 18.6 Å². The molecule has 84 valence electrons. The lowest BCUT2D eigenvalue weighted by molar-refractivity contribution is 0.824. The summed E-state index contributed by atoms with van der Waals surface area (Å²) in [6, 6.07) is 0. The zero-order valence-corrected chi connectivity index (χ0v) is 9.86. The number of rotatable bonds is 3. The largest absolute Gasteiger partial charge is 0.369 e. The molecule has 0 aliphatic rings. The fraction of sp³-hybridized carbons (Fsp3) is 0.300. The molecule has 5 nitrogen and oxygen atoms in total. The maximum absolute atomic E-state index is 5.93. The summed E-state index contributed by atoms with van der Waals surface area (Å²) in [6.45, 7) is 4.65. The van der Waals surface area contributed by atoms with Gasteiger partial charge in [-0.2, -0.15) is 5.10 Å². The van der Waals surface area contributed by atoms with Crippen LogP contribution in [0.25, 0.3) is 5.82 Å². The number of aryl methyl sites for hydroxylation is 1. The minimum absolute atomic E-state index is 0.621. The van der Waals surface area contributed by atoms with Gasteiger partial charge < -0.3 is 5.32 Å². The number of nitrogens with one attached hydrogen (secondary N) is 1. The molecule has 0 saturated heterocycles. The summed E-state index contributed by atoms with van der Waals surface area (Å²) >= 11 is 5.93. The zero-order chi connectivity index (χ0) is 11.5. The summed E-state index contributed by atoms with van der Waals surface area (Å²) in [5.74, 6) is 1.37.